The fourth-order valence-corrected chi connectivity index (χ4v) is 3.63. The van der Waals surface area contributed by atoms with E-state index in [9.17, 15) is 19.5 Å². The van der Waals surface area contributed by atoms with Gasteiger partial charge in [-0.1, -0.05) is 25.4 Å². The van der Waals surface area contributed by atoms with Crippen LogP contribution in [-0.2, 0) is 4.74 Å². The summed E-state index contributed by atoms with van der Waals surface area (Å²) < 4.78 is 18.4. The Labute approximate surface area is 189 Å². The van der Waals surface area contributed by atoms with Crippen molar-refractivity contribution < 1.29 is 28.9 Å². The number of pyridine rings is 1. The SMILES string of the molecule is CNC(=O)OCCCOc1cc2c(cc1Cl)-c1cc(=O)c(C(=O)O)cn1C(C(C)C)CO2. The van der Waals surface area contributed by atoms with Gasteiger partial charge in [0.2, 0.25) is 0 Å². The largest absolute Gasteiger partial charge is 0.492 e. The Balaban J connectivity index is 1.92. The number of carbonyl (C=O) groups is 2. The third-order valence-corrected chi connectivity index (χ3v) is 5.44. The molecule has 0 bridgehead atoms. The highest BCUT2D eigenvalue weighted by Gasteiger charge is 2.28. The Bertz CT molecular complexity index is 1080. The molecule has 1 unspecified atom stereocenters. The highest BCUT2D eigenvalue weighted by Crippen LogP contribution is 2.42. The van der Waals surface area contributed by atoms with Crippen LogP contribution in [0.3, 0.4) is 0 Å². The van der Waals surface area contributed by atoms with Gasteiger partial charge >= 0.3 is 12.1 Å². The van der Waals surface area contributed by atoms with Crippen LogP contribution >= 0.6 is 11.6 Å². The van der Waals surface area contributed by atoms with Crippen molar-refractivity contribution in [3.8, 4) is 22.8 Å². The number of carboxylic acids is 1. The Morgan fingerprint density at radius 2 is 2.06 bits per heavy atom. The van der Waals surface area contributed by atoms with Crippen LogP contribution in [0, 0.1) is 5.92 Å². The van der Waals surface area contributed by atoms with Crippen molar-refractivity contribution in [2.75, 3.05) is 26.9 Å². The van der Waals surface area contributed by atoms with Gasteiger partial charge < -0.3 is 29.2 Å². The molecule has 1 aliphatic heterocycles. The number of ether oxygens (including phenoxy) is 3. The van der Waals surface area contributed by atoms with Crippen molar-refractivity contribution in [3.05, 3.63) is 45.2 Å². The predicted octanol–water partition coefficient (Wildman–Crippen LogP) is 3.58. The number of hydrogen-bond acceptors (Lipinski definition) is 6. The van der Waals surface area contributed by atoms with Crippen LogP contribution < -0.4 is 20.2 Å². The second-order valence-corrected chi connectivity index (χ2v) is 8.05. The highest BCUT2D eigenvalue weighted by molar-refractivity contribution is 6.32. The Hall–Kier alpha value is -3.20. The van der Waals surface area contributed by atoms with E-state index in [0.717, 1.165) is 0 Å². The maximum absolute atomic E-state index is 12.4. The number of benzene rings is 1. The Morgan fingerprint density at radius 3 is 2.72 bits per heavy atom. The molecule has 1 atom stereocenters. The van der Waals surface area contributed by atoms with Crippen molar-refractivity contribution >= 4 is 23.7 Å². The van der Waals surface area contributed by atoms with Crippen LogP contribution in [0.5, 0.6) is 11.5 Å². The smallest absolute Gasteiger partial charge is 0.406 e. The van der Waals surface area contributed by atoms with E-state index in [1.165, 1.54) is 19.3 Å². The minimum Gasteiger partial charge on any atom is -0.492 e. The number of aromatic carboxylic acids is 1. The van der Waals surface area contributed by atoms with Crippen molar-refractivity contribution in [2.45, 2.75) is 26.3 Å². The molecule has 10 heteroatoms. The van der Waals surface area contributed by atoms with E-state index in [2.05, 4.69) is 5.32 Å². The first-order chi connectivity index (χ1) is 15.2. The molecule has 0 saturated heterocycles. The third kappa shape index (κ3) is 4.99. The van der Waals surface area contributed by atoms with E-state index in [-0.39, 0.29) is 37.3 Å². The predicted molar refractivity (Wildman–Crippen MR) is 118 cm³/mol. The third-order valence-electron chi connectivity index (χ3n) is 5.14. The summed E-state index contributed by atoms with van der Waals surface area (Å²) in [7, 11) is 1.48. The summed E-state index contributed by atoms with van der Waals surface area (Å²) in [6.07, 6.45) is 1.32. The van der Waals surface area contributed by atoms with Gasteiger partial charge in [-0.25, -0.2) is 9.59 Å². The summed E-state index contributed by atoms with van der Waals surface area (Å²) in [5, 5.41) is 12.1. The molecule has 2 aromatic rings. The number of rotatable bonds is 7. The minimum absolute atomic E-state index is 0.110. The average molecular weight is 465 g/mol. The molecule has 0 aliphatic carbocycles. The summed E-state index contributed by atoms with van der Waals surface area (Å²) in [4.78, 5) is 35.0. The van der Waals surface area contributed by atoms with Crippen LogP contribution in [0.2, 0.25) is 5.02 Å². The first kappa shape index (κ1) is 23.5. The van der Waals surface area contributed by atoms with Crippen LogP contribution in [0.25, 0.3) is 11.3 Å². The second kappa shape index (κ2) is 9.95. The van der Waals surface area contributed by atoms with Crippen molar-refractivity contribution in [3.63, 3.8) is 0 Å². The molecular weight excluding hydrogens is 440 g/mol. The first-order valence-electron chi connectivity index (χ1n) is 10.2. The van der Waals surface area contributed by atoms with Gasteiger partial charge in [-0.05, 0) is 12.0 Å². The number of halogens is 1. The number of nitrogens with one attached hydrogen (secondary N) is 1. The van der Waals surface area contributed by atoms with Gasteiger partial charge in [-0.15, -0.1) is 0 Å². The van der Waals surface area contributed by atoms with Crippen LogP contribution in [0.15, 0.2) is 29.2 Å². The van der Waals surface area contributed by atoms with E-state index >= 15 is 0 Å². The zero-order chi connectivity index (χ0) is 23.4. The van der Waals surface area contributed by atoms with Crippen LogP contribution in [-0.4, -0.2) is 48.6 Å². The topological polar surface area (TPSA) is 116 Å². The molecule has 0 spiro atoms. The number of nitrogens with zero attached hydrogens (tertiary/aromatic N) is 1. The van der Waals surface area contributed by atoms with Crippen LogP contribution in [0.4, 0.5) is 4.79 Å². The number of aromatic nitrogens is 1. The number of carbonyl (C=O) groups excluding carboxylic acids is 1. The monoisotopic (exact) mass is 464 g/mol. The fourth-order valence-electron chi connectivity index (χ4n) is 3.41. The summed E-state index contributed by atoms with van der Waals surface area (Å²) in [6.45, 7) is 4.73. The lowest BCUT2D eigenvalue weighted by Gasteiger charge is -2.24. The molecule has 2 heterocycles. The Kier molecular flexibility index (Phi) is 7.29. The molecule has 1 aromatic carbocycles. The van der Waals surface area contributed by atoms with Gasteiger partial charge in [0.15, 0.2) is 5.43 Å². The molecule has 3 rings (SSSR count). The molecule has 1 amide bonds. The number of hydrogen-bond donors (Lipinski definition) is 2. The number of amides is 1. The lowest BCUT2D eigenvalue weighted by molar-refractivity contribution is 0.0693. The molecule has 32 heavy (non-hydrogen) atoms. The van der Waals surface area contributed by atoms with Gasteiger partial charge in [0.25, 0.3) is 0 Å². The lowest BCUT2D eigenvalue weighted by Crippen LogP contribution is -2.25. The zero-order valence-corrected chi connectivity index (χ0v) is 18.8. The molecule has 2 N–H and O–H groups in total. The normalized spacial score (nSPS) is 14.6. The summed E-state index contributed by atoms with van der Waals surface area (Å²) in [5.41, 5.74) is 0.209. The maximum Gasteiger partial charge on any atom is 0.406 e. The summed E-state index contributed by atoms with van der Waals surface area (Å²) >= 11 is 6.43. The Morgan fingerprint density at radius 1 is 1.31 bits per heavy atom. The fraction of sp³-hybridized carbons (Fsp3) is 0.409. The number of carboxylic acid groups (broad SMARTS) is 1. The lowest BCUT2D eigenvalue weighted by atomic mass is 10.0. The van der Waals surface area contributed by atoms with Crippen molar-refractivity contribution in [1.29, 1.82) is 0 Å². The standard InChI is InChI=1S/C22H25ClN2O7/c1-12(2)17-11-32-19-9-20(30-5-4-6-31-22(29)24-3)15(23)7-13(19)16-8-18(26)14(21(27)28)10-25(16)17/h7-10,12,17H,4-6,11H2,1-3H3,(H,24,29)(H,27,28). The van der Waals surface area contributed by atoms with E-state index in [1.807, 2.05) is 13.8 Å². The molecule has 0 radical (unpaired) electrons. The van der Waals surface area contributed by atoms with E-state index in [1.54, 1.807) is 16.7 Å². The molecule has 1 aromatic heterocycles. The van der Waals surface area contributed by atoms with Crippen molar-refractivity contribution in [2.24, 2.45) is 5.92 Å². The van der Waals surface area contributed by atoms with Crippen molar-refractivity contribution in [1.82, 2.24) is 9.88 Å². The molecule has 9 nitrogen and oxygen atoms in total. The minimum atomic E-state index is -1.28. The number of alkyl carbamates (subject to hydrolysis) is 1. The number of fused-ring (bicyclic) bond motifs is 3. The highest BCUT2D eigenvalue weighted by atomic mass is 35.5. The maximum atomic E-state index is 12.4. The van der Waals surface area contributed by atoms with Gasteiger partial charge in [0.1, 0.15) is 23.7 Å². The quantitative estimate of drug-likeness (QED) is 0.601. The van der Waals surface area contributed by atoms with Gasteiger partial charge in [-0.2, -0.15) is 0 Å². The van der Waals surface area contributed by atoms with E-state index in [0.29, 0.717) is 34.2 Å². The van der Waals surface area contributed by atoms with Gasteiger partial charge in [-0.3, -0.25) is 4.79 Å². The average Bonchev–Trinajstić information content (AvgIpc) is 2.89. The molecular formula is C22H25ClN2O7. The van der Waals surface area contributed by atoms with Crippen LogP contribution in [0.1, 0.15) is 36.7 Å². The first-order valence-corrected chi connectivity index (χ1v) is 10.5. The molecule has 1 aliphatic rings. The summed E-state index contributed by atoms with van der Waals surface area (Å²) in [6, 6.07) is 4.40. The molecule has 172 valence electrons. The second-order valence-electron chi connectivity index (χ2n) is 7.64. The zero-order valence-electron chi connectivity index (χ0n) is 18.0. The van der Waals surface area contributed by atoms with E-state index in [4.69, 9.17) is 25.8 Å². The summed E-state index contributed by atoms with van der Waals surface area (Å²) in [5.74, 6) is -0.297. The van der Waals surface area contributed by atoms with E-state index < -0.39 is 17.5 Å². The molecule has 0 saturated carbocycles. The molecule has 0 fully saturated rings. The van der Waals surface area contributed by atoms with Gasteiger partial charge in [0, 0.05) is 37.4 Å². The van der Waals surface area contributed by atoms with Gasteiger partial charge in [0.05, 0.1) is 30.0 Å².